The van der Waals surface area contributed by atoms with Crippen molar-refractivity contribution in [1.29, 1.82) is 0 Å². The Bertz CT molecular complexity index is 484. The molecule has 3 N–H and O–H groups in total. The summed E-state index contributed by atoms with van der Waals surface area (Å²) in [6, 6.07) is 0. The number of hydrogen-bond donors (Lipinski definition) is 2. The van der Waals surface area contributed by atoms with E-state index < -0.39 is 0 Å². The number of nitrogens with two attached hydrogens (primary N) is 1. The van der Waals surface area contributed by atoms with Crippen LogP contribution in [0.5, 0.6) is 0 Å². The SMILES string of the molecule is CC.Cn1cnc2nc(N)[nH]c(=O)c21. The van der Waals surface area contributed by atoms with Crippen LogP contribution in [0, 0.1) is 0 Å². The van der Waals surface area contributed by atoms with E-state index in [-0.39, 0.29) is 11.5 Å². The van der Waals surface area contributed by atoms with Gasteiger partial charge in [0.05, 0.1) is 6.33 Å². The molecule has 6 heteroatoms. The standard InChI is InChI=1S/C6H7N5O.C2H6/c1-11-2-8-4-3(11)5(12)10-6(7)9-4;1-2/h2H,1H3,(H3,7,9,10,12);1-2H3. The van der Waals surface area contributed by atoms with Crippen LogP contribution in [0.15, 0.2) is 11.1 Å². The molecule has 0 aromatic carbocycles. The molecular weight excluding hydrogens is 182 g/mol. The van der Waals surface area contributed by atoms with Crippen LogP contribution in [0.1, 0.15) is 13.8 Å². The number of anilines is 1. The number of H-pyrrole nitrogens is 1. The first-order valence-corrected chi connectivity index (χ1v) is 4.35. The molecular formula is C8H13N5O. The lowest BCUT2D eigenvalue weighted by molar-refractivity contribution is 0.939. The van der Waals surface area contributed by atoms with Crippen LogP contribution in [0.3, 0.4) is 0 Å². The van der Waals surface area contributed by atoms with Crippen LogP contribution in [0.4, 0.5) is 5.95 Å². The van der Waals surface area contributed by atoms with E-state index in [9.17, 15) is 4.79 Å². The number of imidazole rings is 1. The number of nitrogens with zero attached hydrogens (tertiary/aromatic N) is 3. The van der Waals surface area contributed by atoms with Gasteiger partial charge in [0, 0.05) is 7.05 Å². The van der Waals surface area contributed by atoms with E-state index in [1.807, 2.05) is 13.8 Å². The van der Waals surface area contributed by atoms with Crippen LogP contribution in [0.2, 0.25) is 0 Å². The van der Waals surface area contributed by atoms with Crippen molar-refractivity contribution in [2.45, 2.75) is 13.8 Å². The maximum absolute atomic E-state index is 11.2. The number of nitrogen functional groups attached to an aromatic ring is 1. The minimum Gasteiger partial charge on any atom is -0.369 e. The average molecular weight is 195 g/mol. The van der Waals surface area contributed by atoms with Gasteiger partial charge in [-0.1, -0.05) is 13.8 Å². The van der Waals surface area contributed by atoms with E-state index in [1.165, 1.54) is 6.33 Å². The fraction of sp³-hybridized carbons (Fsp3) is 0.375. The largest absolute Gasteiger partial charge is 0.369 e. The number of nitrogens with one attached hydrogen (secondary N) is 1. The molecule has 0 fully saturated rings. The monoisotopic (exact) mass is 195 g/mol. The summed E-state index contributed by atoms with van der Waals surface area (Å²) < 4.78 is 1.60. The highest BCUT2D eigenvalue weighted by molar-refractivity contribution is 5.70. The third-order valence-electron chi connectivity index (χ3n) is 1.60. The first-order chi connectivity index (χ1) is 6.68. The smallest absolute Gasteiger partial charge is 0.278 e. The Kier molecular flexibility index (Phi) is 2.85. The number of hydrogen-bond acceptors (Lipinski definition) is 4. The quantitative estimate of drug-likeness (QED) is 0.631. The number of aromatic amines is 1. The summed E-state index contributed by atoms with van der Waals surface area (Å²) >= 11 is 0. The Balaban J connectivity index is 0.000000461. The summed E-state index contributed by atoms with van der Waals surface area (Å²) in [6.07, 6.45) is 1.52. The fourth-order valence-corrected chi connectivity index (χ4v) is 1.08. The van der Waals surface area contributed by atoms with Crippen molar-refractivity contribution in [2.24, 2.45) is 7.05 Å². The number of aryl methyl sites for hydroxylation is 1. The van der Waals surface area contributed by atoms with E-state index in [0.29, 0.717) is 11.2 Å². The molecule has 2 rings (SSSR count). The molecule has 0 spiro atoms. The second kappa shape index (κ2) is 3.91. The van der Waals surface area contributed by atoms with Crippen molar-refractivity contribution in [3.63, 3.8) is 0 Å². The molecule has 2 heterocycles. The summed E-state index contributed by atoms with van der Waals surface area (Å²) in [4.78, 5) is 21.4. The summed E-state index contributed by atoms with van der Waals surface area (Å²) in [5, 5.41) is 0. The Labute approximate surface area is 80.8 Å². The normalized spacial score (nSPS) is 9.64. The van der Waals surface area contributed by atoms with Crippen molar-refractivity contribution in [3.8, 4) is 0 Å². The second-order valence-corrected chi connectivity index (χ2v) is 2.48. The molecule has 0 radical (unpaired) electrons. The fourth-order valence-electron chi connectivity index (χ4n) is 1.08. The highest BCUT2D eigenvalue weighted by Gasteiger charge is 2.05. The van der Waals surface area contributed by atoms with E-state index in [4.69, 9.17) is 5.73 Å². The maximum atomic E-state index is 11.2. The molecule has 76 valence electrons. The highest BCUT2D eigenvalue weighted by atomic mass is 16.1. The van der Waals surface area contributed by atoms with E-state index in [0.717, 1.165) is 0 Å². The first-order valence-electron chi connectivity index (χ1n) is 4.35. The van der Waals surface area contributed by atoms with Gasteiger partial charge in [0.2, 0.25) is 5.95 Å². The Hall–Kier alpha value is -1.85. The van der Waals surface area contributed by atoms with E-state index >= 15 is 0 Å². The molecule has 0 saturated carbocycles. The minimum atomic E-state index is -0.266. The zero-order valence-corrected chi connectivity index (χ0v) is 8.40. The third-order valence-corrected chi connectivity index (χ3v) is 1.60. The lowest BCUT2D eigenvalue weighted by Gasteiger charge is -1.93. The van der Waals surface area contributed by atoms with Crippen molar-refractivity contribution >= 4 is 17.1 Å². The molecule has 0 aliphatic rings. The summed E-state index contributed by atoms with van der Waals surface area (Å²) in [5.74, 6) is 0.0891. The molecule has 0 aliphatic heterocycles. The van der Waals surface area contributed by atoms with E-state index in [1.54, 1.807) is 11.6 Å². The summed E-state index contributed by atoms with van der Waals surface area (Å²) in [7, 11) is 1.72. The number of fused-ring (bicyclic) bond motifs is 1. The second-order valence-electron chi connectivity index (χ2n) is 2.48. The Morgan fingerprint density at radius 1 is 1.50 bits per heavy atom. The summed E-state index contributed by atoms with van der Waals surface area (Å²) in [5.41, 5.74) is 5.86. The van der Waals surface area contributed by atoms with E-state index in [2.05, 4.69) is 15.0 Å². The molecule has 0 aliphatic carbocycles. The predicted molar refractivity (Wildman–Crippen MR) is 54.9 cm³/mol. The van der Waals surface area contributed by atoms with Crippen LogP contribution in [-0.4, -0.2) is 19.5 Å². The Morgan fingerprint density at radius 2 is 2.14 bits per heavy atom. The van der Waals surface area contributed by atoms with Gasteiger partial charge in [-0.05, 0) is 0 Å². The average Bonchev–Trinajstić information content (AvgIpc) is 2.51. The molecule has 0 bridgehead atoms. The Morgan fingerprint density at radius 3 is 2.79 bits per heavy atom. The first kappa shape index (κ1) is 10.2. The maximum Gasteiger partial charge on any atom is 0.278 e. The van der Waals surface area contributed by atoms with Crippen molar-refractivity contribution in [2.75, 3.05) is 5.73 Å². The predicted octanol–water partition coefficient (Wildman–Crippen LogP) is 0.265. The molecule has 6 nitrogen and oxygen atoms in total. The third kappa shape index (κ3) is 1.59. The minimum absolute atomic E-state index is 0.0891. The van der Waals surface area contributed by atoms with Crippen molar-refractivity contribution in [3.05, 3.63) is 16.7 Å². The zero-order chi connectivity index (χ0) is 10.7. The van der Waals surface area contributed by atoms with Gasteiger partial charge in [0.25, 0.3) is 5.56 Å². The zero-order valence-electron chi connectivity index (χ0n) is 8.40. The van der Waals surface area contributed by atoms with Crippen LogP contribution in [0.25, 0.3) is 11.2 Å². The lowest BCUT2D eigenvalue weighted by atomic mass is 10.5. The molecule has 2 aromatic heterocycles. The van der Waals surface area contributed by atoms with Gasteiger partial charge < -0.3 is 10.3 Å². The van der Waals surface area contributed by atoms with Gasteiger partial charge >= 0.3 is 0 Å². The van der Waals surface area contributed by atoms with Gasteiger partial charge in [0.15, 0.2) is 11.2 Å². The number of aromatic nitrogens is 4. The number of rotatable bonds is 0. The molecule has 0 atom stereocenters. The molecule has 0 amide bonds. The van der Waals surface area contributed by atoms with Crippen LogP contribution in [-0.2, 0) is 7.05 Å². The highest BCUT2D eigenvalue weighted by Crippen LogP contribution is 2.02. The lowest BCUT2D eigenvalue weighted by Crippen LogP contribution is -2.13. The molecule has 0 saturated heterocycles. The molecule has 14 heavy (non-hydrogen) atoms. The van der Waals surface area contributed by atoms with Crippen molar-refractivity contribution < 1.29 is 0 Å². The molecule has 2 aromatic rings. The van der Waals surface area contributed by atoms with Gasteiger partial charge in [-0.15, -0.1) is 0 Å². The summed E-state index contributed by atoms with van der Waals surface area (Å²) in [6.45, 7) is 4.00. The van der Waals surface area contributed by atoms with Gasteiger partial charge in [-0.3, -0.25) is 9.78 Å². The van der Waals surface area contributed by atoms with Gasteiger partial charge in [0.1, 0.15) is 0 Å². The van der Waals surface area contributed by atoms with Crippen LogP contribution < -0.4 is 11.3 Å². The molecule has 0 unspecified atom stereocenters. The van der Waals surface area contributed by atoms with Crippen molar-refractivity contribution in [1.82, 2.24) is 19.5 Å². The van der Waals surface area contributed by atoms with Crippen LogP contribution >= 0.6 is 0 Å². The van der Waals surface area contributed by atoms with Gasteiger partial charge in [-0.25, -0.2) is 4.98 Å². The van der Waals surface area contributed by atoms with Gasteiger partial charge in [-0.2, -0.15) is 4.98 Å². The topological polar surface area (TPSA) is 89.6 Å².